The third-order valence-corrected chi connectivity index (χ3v) is 1.85. The first-order valence-electron chi connectivity index (χ1n) is 4.74. The summed E-state index contributed by atoms with van der Waals surface area (Å²) in [7, 11) is 1.62. The number of phenols is 1. The second kappa shape index (κ2) is 4.68. The average Bonchev–Trinajstić information content (AvgIpc) is 2.17. The zero-order valence-electron chi connectivity index (χ0n) is 9.10. The topological polar surface area (TPSA) is 49.8 Å². The predicted molar refractivity (Wildman–Crippen MR) is 58.1 cm³/mol. The molecule has 0 heterocycles. The monoisotopic (exact) mass is 209 g/mol. The number of rotatable bonds is 2. The molecule has 0 aliphatic rings. The van der Waals surface area contributed by atoms with E-state index in [9.17, 15) is 4.79 Å². The van der Waals surface area contributed by atoms with Crippen molar-refractivity contribution in [1.82, 2.24) is 0 Å². The molecule has 4 heteroatoms. The summed E-state index contributed by atoms with van der Waals surface area (Å²) in [6.45, 7) is 3.59. The molecule has 0 aromatic heterocycles. The highest BCUT2D eigenvalue weighted by Crippen LogP contribution is 2.17. The minimum atomic E-state index is -0.407. The van der Waals surface area contributed by atoms with Gasteiger partial charge in [-0.15, -0.1) is 0 Å². The lowest BCUT2D eigenvalue weighted by molar-refractivity contribution is 0.124. The lowest BCUT2D eigenvalue weighted by Crippen LogP contribution is -2.29. The van der Waals surface area contributed by atoms with Crippen LogP contribution in [0, 0.1) is 0 Å². The molecule has 1 amide bonds. The summed E-state index contributed by atoms with van der Waals surface area (Å²) in [4.78, 5) is 12.9. The number of carbonyl (C=O) groups excluding carboxylic acids is 1. The van der Waals surface area contributed by atoms with Crippen LogP contribution in [0.1, 0.15) is 13.8 Å². The van der Waals surface area contributed by atoms with Crippen molar-refractivity contribution in [3.63, 3.8) is 0 Å². The molecule has 0 fully saturated rings. The highest BCUT2D eigenvalue weighted by Gasteiger charge is 2.13. The number of hydrogen-bond acceptors (Lipinski definition) is 3. The fourth-order valence-electron chi connectivity index (χ4n) is 1.06. The third kappa shape index (κ3) is 3.16. The van der Waals surface area contributed by atoms with Crippen LogP contribution >= 0.6 is 0 Å². The first-order chi connectivity index (χ1) is 7.00. The normalized spacial score (nSPS) is 10.1. The van der Waals surface area contributed by atoms with Crippen LogP contribution in [0.5, 0.6) is 5.75 Å². The van der Waals surface area contributed by atoms with Crippen molar-refractivity contribution in [3.05, 3.63) is 24.3 Å². The number of nitrogens with zero attached hydrogens (tertiary/aromatic N) is 1. The van der Waals surface area contributed by atoms with Gasteiger partial charge in [0, 0.05) is 12.7 Å². The molecule has 1 aromatic carbocycles. The number of benzene rings is 1. The van der Waals surface area contributed by atoms with Gasteiger partial charge in [-0.3, -0.25) is 4.90 Å². The lowest BCUT2D eigenvalue weighted by atomic mass is 10.3. The molecule has 0 saturated carbocycles. The summed E-state index contributed by atoms with van der Waals surface area (Å²) >= 11 is 0. The van der Waals surface area contributed by atoms with Crippen molar-refractivity contribution in [2.75, 3.05) is 11.9 Å². The van der Waals surface area contributed by atoms with Gasteiger partial charge in [-0.25, -0.2) is 4.79 Å². The predicted octanol–water partition coefficient (Wildman–Crippen LogP) is 2.37. The van der Waals surface area contributed by atoms with E-state index in [4.69, 9.17) is 9.84 Å². The van der Waals surface area contributed by atoms with Crippen LogP contribution in [-0.4, -0.2) is 24.4 Å². The molecule has 1 rings (SSSR count). The van der Waals surface area contributed by atoms with Crippen LogP contribution in [0.2, 0.25) is 0 Å². The highest BCUT2D eigenvalue weighted by atomic mass is 16.6. The maximum absolute atomic E-state index is 11.5. The molecule has 0 spiro atoms. The van der Waals surface area contributed by atoms with Crippen LogP contribution in [0.4, 0.5) is 10.5 Å². The van der Waals surface area contributed by atoms with Gasteiger partial charge in [-0.05, 0) is 38.1 Å². The van der Waals surface area contributed by atoms with E-state index in [0.29, 0.717) is 5.69 Å². The Balaban J connectivity index is 2.71. The van der Waals surface area contributed by atoms with E-state index in [0.717, 1.165) is 0 Å². The van der Waals surface area contributed by atoms with Crippen LogP contribution in [0.15, 0.2) is 24.3 Å². The largest absolute Gasteiger partial charge is 0.508 e. The van der Waals surface area contributed by atoms with E-state index in [2.05, 4.69) is 0 Å². The molecule has 0 aliphatic carbocycles. The number of amides is 1. The SMILES string of the molecule is CC(C)OC(=O)N(C)c1ccc(O)cc1. The van der Waals surface area contributed by atoms with Gasteiger partial charge in [-0.2, -0.15) is 0 Å². The fourth-order valence-corrected chi connectivity index (χ4v) is 1.06. The summed E-state index contributed by atoms with van der Waals surface area (Å²) in [6, 6.07) is 6.34. The van der Waals surface area contributed by atoms with Crippen molar-refractivity contribution < 1.29 is 14.6 Å². The Morgan fingerprint density at radius 1 is 1.33 bits per heavy atom. The van der Waals surface area contributed by atoms with E-state index in [1.165, 1.54) is 17.0 Å². The molecule has 0 unspecified atom stereocenters. The van der Waals surface area contributed by atoms with Crippen molar-refractivity contribution in [2.24, 2.45) is 0 Å². The van der Waals surface area contributed by atoms with Crippen LogP contribution in [0.3, 0.4) is 0 Å². The smallest absolute Gasteiger partial charge is 0.414 e. The minimum absolute atomic E-state index is 0.142. The molecular formula is C11H15NO3. The number of ether oxygens (including phenoxy) is 1. The van der Waals surface area contributed by atoms with Gasteiger partial charge in [0.2, 0.25) is 0 Å². The average molecular weight is 209 g/mol. The molecular weight excluding hydrogens is 194 g/mol. The molecule has 82 valence electrons. The van der Waals surface area contributed by atoms with Gasteiger partial charge in [0.1, 0.15) is 5.75 Å². The first-order valence-corrected chi connectivity index (χ1v) is 4.74. The molecule has 1 aromatic rings. The number of anilines is 1. The molecule has 0 bridgehead atoms. The van der Waals surface area contributed by atoms with Crippen molar-refractivity contribution in [2.45, 2.75) is 20.0 Å². The van der Waals surface area contributed by atoms with E-state index in [-0.39, 0.29) is 11.9 Å². The van der Waals surface area contributed by atoms with Gasteiger partial charge in [0.25, 0.3) is 0 Å². The molecule has 0 aliphatic heterocycles. The molecule has 4 nitrogen and oxygen atoms in total. The van der Waals surface area contributed by atoms with Crippen LogP contribution in [-0.2, 0) is 4.74 Å². The Labute approximate surface area is 89.1 Å². The highest BCUT2D eigenvalue weighted by molar-refractivity contribution is 5.87. The Kier molecular flexibility index (Phi) is 3.55. The van der Waals surface area contributed by atoms with Gasteiger partial charge in [0.15, 0.2) is 0 Å². The zero-order valence-corrected chi connectivity index (χ0v) is 9.10. The maximum atomic E-state index is 11.5. The molecule has 0 saturated heterocycles. The van der Waals surface area contributed by atoms with Crippen molar-refractivity contribution in [1.29, 1.82) is 0 Å². The van der Waals surface area contributed by atoms with Gasteiger partial charge in [-0.1, -0.05) is 0 Å². The second-order valence-corrected chi connectivity index (χ2v) is 3.51. The molecule has 0 atom stereocenters. The maximum Gasteiger partial charge on any atom is 0.414 e. The second-order valence-electron chi connectivity index (χ2n) is 3.51. The number of carbonyl (C=O) groups is 1. The molecule has 0 radical (unpaired) electrons. The van der Waals surface area contributed by atoms with Gasteiger partial charge < -0.3 is 9.84 Å². The van der Waals surface area contributed by atoms with E-state index >= 15 is 0 Å². The Hall–Kier alpha value is -1.71. The standard InChI is InChI=1S/C11H15NO3/c1-8(2)15-11(14)12(3)9-4-6-10(13)7-5-9/h4-8,13H,1-3H3. The summed E-state index contributed by atoms with van der Waals surface area (Å²) in [5.41, 5.74) is 0.679. The summed E-state index contributed by atoms with van der Waals surface area (Å²) < 4.78 is 5.02. The van der Waals surface area contributed by atoms with E-state index in [1.54, 1.807) is 33.0 Å². The number of phenolic OH excluding ortho intramolecular Hbond substituents is 1. The Bertz CT molecular complexity index is 332. The summed E-state index contributed by atoms with van der Waals surface area (Å²) in [5, 5.41) is 9.09. The minimum Gasteiger partial charge on any atom is -0.508 e. The third-order valence-electron chi connectivity index (χ3n) is 1.85. The van der Waals surface area contributed by atoms with Gasteiger partial charge in [0.05, 0.1) is 6.10 Å². The molecule has 15 heavy (non-hydrogen) atoms. The van der Waals surface area contributed by atoms with Crippen molar-refractivity contribution in [3.8, 4) is 5.75 Å². The Morgan fingerprint density at radius 2 is 1.87 bits per heavy atom. The number of hydrogen-bond donors (Lipinski definition) is 1. The first kappa shape index (κ1) is 11.4. The van der Waals surface area contributed by atoms with Gasteiger partial charge >= 0.3 is 6.09 Å². The Morgan fingerprint density at radius 3 is 2.33 bits per heavy atom. The van der Waals surface area contributed by atoms with Crippen LogP contribution < -0.4 is 4.90 Å². The fraction of sp³-hybridized carbons (Fsp3) is 0.364. The number of aromatic hydroxyl groups is 1. The van der Waals surface area contributed by atoms with E-state index in [1.807, 2.05) is 0 Å². The summed E-state index contributed by atoms with van der Waals surface area (Å²) in [6.07, 6.45) is -0.548. The zero-order chi connectivity index (χ0) is 11.4. The lowest BCUT2D eigenvalue weighted by Gasteiger charge is -2.18. The summed E-state index contributed by atoms with van der Waals surface area (Å²) in [5.74, 6) is 0.171. The quantitative estimate of drug-likeness (QED) is 0.813. The van der Waals surface area contributed by atoms with Crippen molar-refractivity contribution >= 4 is 11.8 Å². The van der Waals surface area contributed by atoms with E-state index < -0.39 is 6.09 Å². The van der Waals surface area contributed by atoms with Crippen LogP contribution in [0.25, 0.3) is 0 Å². The molecule has 1 N–H and O–H groups in total.